The molecule has 9 heteroatoms. The smallest absolute Gasteiger partial charge is 0.360 e. The summed E-state index contributed by atoms with van der Waals surface area (Å²) in [7, 11) is 0.611. The van der Waals surface area contributed by atoms with Crippen LogP contribution in [0.5, 0.6) is 0 Å². The molecule has 0 spiro atoms. The van der Waals surface area contributed by atoms with E-state index in [9.17, 15) is 4.79 Å². The summed E-state index contributed by atoms with van der Waals surface area (Å²) in [6.07, 6.45) is 0. The maximum absolute atomic E-state index is 11.2. The lowest BCUT2D eigenvalue weighted by atomic mass is 10.3. The number of nitrogen functional groups attached to an aromatic ring is 1. The number of benzene rings is 1. The van der Waals surface area contributed by atoms with Gasteiger partial charge in [0.25, 0.3) is 0 Å². The predicted octanol–water partition coefficient (Wildman–Crippen LogP) is 2.45. The third-order valence-electron chi connectivity index (χ3n) is 2.78. The Morgan fingerprint density at radius 1 is 1.41 bits per heavy atom. The number of nitrogens with two attached hydrogens (primary N) is 1. The van der Waals surface area contributed by atoms with Crippen molar-refractivity contribution < 1.29 is 14.7 Å². The normalized spacial score (nSPS) is 12.6. The minimum absolute atomic E-state index is 0.189. The van der Waals surface area contributed by atoms with Crippen molar-refractivity contribution >= 4 is 48.8 Å². The molecule has 22 heavy (non-hydrogen) atoms. The Kier molecular flexibility index (Phi) is 3.73. The molecule has 2 aromatic heterocycles. The first-order valence-corrected chi connectivity index (χ1v) is 8.20. The highest BCUT2D eigenvalue weighted by atomic mass is 32.2. The standard InChI is InChI=1S/C13H10N4O3S2/c1-20-17-10(11(18)19)8-6-22(12(14)15-8)13-16-7-4-2-3-5-9(7)21-13/h2-6H,1H3,(H2-,14,15,18,19)/p+1/b17-10-. The van der Waals surface area contributed by atoms with Crippen LogP contribution < -0.4 is 5.73 Å². The number of fused-ring (bicyclic) bond motifs is 1. The van der Waals surface area contributed by atoms with Crippen LogP contribution >= 0.6 is 21.8 Å². The molecule has 0 bridgehead atoms. The minimum Gasteiger partial charge on any atom is -0.476 e. The predicted molar refractivity (Wildman–Crippen MR) is 86.8 cm³/mol. The number of carbonyl (C=O) groups is 1. The number of hydrogen-bond donors (Lipinski definition) is 2. The molecule has 7 nitrogen and oxygen atoms in total. The SMILES string of the molecule is CO/N=C(\C(=O)O)c1c[s+](-c2nc3ccccc3s2)c(N)n1. The molecular weight excluding hydrogens is 324 g/mol. The monoisotopic (exact) mass is 335 g/mol. The number of para-hydroxylation sites is 1. The van der Waals surface area contributed by atoms with Crippen molar-refractivity contribution in [3.8, 4) is 4.34 Å². The topological polar surface area (TPSA) is 111 Å². The molecule has 3 rings (SSSR count). The van der Waals surface area contributed by atoms with Gasteiger partial charge in [0, 0.05) is 0 Å². The maximum Gasteiger partial charge on any atom is 0.360 e. The number of carboxylic acids is 1. The first-order chi connectivity index (χ1) is 10.6. The van der Waals surface area contributed by atoms with E-state index in [-0.39, 0.29) is 11.4 Å². The summed E-state index contributed by atoms with van der Waals surface area (Å²) in [6.45, 7) is 0. The van der Waals surface area contributed by atoms with Gasteiger partial charge < -0.3 is 15.7 Å². The number of aliphatic carboxylic acids is 1. The zero-order valence-electron chi connectivity index (χ0n) is 11.4. The van der Waals surface area contributed by atoms with E-state index in [1.165, 1.54) is 18.4 Å². The highest BCUT2D eigenvalue weighted by Crippen LogP contribution is 2.41. The fourth-order valence-electron chi connectivity index (χ4n) is 1.85. The number of hydrogen-bond acceptors (Lipinski definition) is 7. The maximum atomic E-state index is 11.2. The summed E-state index contributed by atoms with van der Waals surface area (Å²) in [6, 6.07) is 7.75. The zero-order chi connectivity index (χ0) is 15.7. The molecule has 3 N–H and O–H groups in total. The quantitative estimate of drug-likeness (QED) is 0.430. The number of anilines is 1. The zero-order valence-corrected chi connectivity index (χ0v) is 13.0. The molecule has 3 aromatic rings. The number of oxime groups is 1. The molecule has 0 aliphatic rings. The van der Waals surface area contributed by atoms with Gasteiger partial charge in [-0.2, -0.15) is 9.97 Å². The van der Waals surface area contributed by atoms with E-state index in [4.69, 9.17) is 10.8 Å². The van der Waals surface area contributed by atoms with E-state index < -0.39 is 16.4 Å². The summed E-state index contributed by atoms with van der Waals surface area (Å²) < 4.78 is 1.84. The molecule has 0 radical (unpaired) electrons. The van der Waals surface area contributed by atoms with E-state index in [1.807, 2.05) is 24.3 Å². The molecule has 0 aliphatic carbocycles. The Bertz CT molecular complexity index is 851. The number of thiazole rings is 2. The van der Waals surface area contributed by atoms with Gasteiger partial charge in [0.15, 0.2) is 11.1 Å². The van der Waals surface area contributed by atoms with Crippen molar-refractivity contribution in [1.82, 2.24) is 9.97 Å². The Labute approximate surface area is 131 Å². The fraction of sp³-hybridized carbons (Fsp3) is 0.0769. The van der Waals surface area contributed by atoms with E-state index in [2.05, 4.69) is 20.0 Å². The Balaban J connectivity index is 2.09. The molecule has 0 saturated heterocycles. The van der Waals surface area contributed by atoms with Crippen LogP contribution in [0.15, 0.2) is 34.8 Å². The second kappa shape index (κ2) is 5.70. The van der Waals surface area contributed by atoms with Gasteiger partial charge in [-0.25, -0.2) is 4.79 Å². The largest absolute Gasteiger partial charge is 0.476 e. The molecule has 2 heterocycles. The summed E-state index contributed by atoms with van der Waals surface area (Å²) in [4.78, 5) is 24.4. The van der Waals surface area contributed by atoms with E-state index in [1.54, 1.807) is 5.38 Å². The molecule has 0 aliphatic heterocycles. The van der Waals surface area contributed by atoms with E-state index in [0.29, 0.717) is 5.13 Å². The lowest BCUT2D eigenvalue weighted by Crippen LogP contribution is -2.15. The third-order valence-corrected chi connectivity index (χ3v) is 5.86. The van der Waals surface area contributed by atoms with Crippen molar-refractivity contribution in [3.05, 3.63) is 35.3 Å². The fourth-order valence-corrected chi connectivity index (χ4v) is 4.75. The van der Waals surface area contributed by atoms with E-state index in [0.717, 1.165) is 14.6 Å². The van der Waals surface area contributed by atoms with Crippen LogP contribution in [0.3, 0.4) is 0 Å². The van der Waals surface area contributed by atoms with Gasteiger partial charge in [-0.3, -0.25) is 0 Å². The Morgan fingerprint density at radius 3 is 2.86 bits per heavy atom. The van der Waals surface area contributed by atoms with Crippen LogP contribution in [-0.4, -0.2) is 33.9 Å². The average Bonchev–Trinajstić information content (AvgIpc) is 3.07. The van der Waals surface area contributed by atoms with Crippen molar-refractivity contribution in [2.24, 2.45) is 5.16 Å². The highest BCUT2D eigenvalue weighted by Gasteiger charge is 2.28. The molecule has 0 fully saturated rings. The summed E-state index contributed by atoms with van der Waals surface area (Å²) in [5.41, 5.74) is 6.74. The van der Waals surface area contributed by atoms with Crippen molar-refractivity contribution in [2.75, 3.05) is 12.8 Å². The summed E-state index contributed by atoms with van der Waals surface area (Å²) >= 11 is 1.51. The Hall–Kier alpha value is -2.52. The van der Waals surface area contributed by atoms with Crippen molar-refractivity contribution in [1.29, 1.82) is 0 Å². The van der Waals surface area contributed by atoms with Crippen LogP contribution in [0.1, 0.15) is 5.69 Å². The first-order valence-electron chi connectivity index (χ1n) is 6.09. The summed E-state index contributed by atoms with van der Waals surface area (Å²) in [5, 5.41) is 14.6. The number of aromatic nitrogens is 2. The van der Waals surface area contributed by atoms with Gasteiger partial charge in [0.2, 0.25) is 5.71 Å². The number of carboxylic acid groups (broad SMARTS) is 1. The van der Waals surface area contributed by atoms with Gasteiger partial charge in [-0.1, -0.05) is 28.6 Å². The van der Waals surface area contributed by atoms with Crippen LogP contribution in [0.2, 0.25) is 0 Å². The lowest BCUT2D eigenvalue weighted by molar-refractivity contribution is -0.129. The van der Waals surface area contributed by atoms with Gasteiger partial charge in [-0.15, -0.1) is 0 Å². The lowest BCUT2D eigenvalue weighted by Gasteiger charge is -1.92. The molecule has 112 valence electrons. The molecule has 1 atom stereocenters. The van der Waals surface area contributed by atoms with Crippen molar-refractivity contribution in [2.45, 2.75) is 0 Å². The molecule has 0 amide bonds. The third kappa shape index (κ3) is 2.51. The Morgan fingerprint density at radius 2 is 2.18 bits per heavy atom. The van der Waals surface area contributed by atoms with Crippen LogP contribution in [0, 0.1) is 0 Å². The van der Waals surface area contributed by atoms with Gasteiger partial charge >= 0.3 is 15.4 Å². The summed E-state index contributed by atoms with van der Waals surface area (Å²) in [5.74, 6) is -1.22. The van der Waals surface area contributed by atoms with Crippen LogP contribution in [0.4, 0.5) is 5.13 Å². The van der Waals surface area contributed by atoms with Crippen molar-refractivity contribution in [3.63, 3.8) is 0 Å². The van der Waals surface area contributed by atoms with E-state index >= 15 is 0 Å². The highest BCUT2D eigenvalue weighted by molar-refractivity contribution is 7.52. The van der Waals surface area contributed by atoms with Crippen LogP contribution in [-0.2, 0) is 9.63 Å². The van der Waals surface area contributed by atoms with Gasteiger partial charge in [-0.05, 0) is 12.1 Å². The second-order valence-corrected chi connectivity index (χ2v) is 7.17. The van der Waals surface area contributed by atoms with Gasteiger partial charge in [0.1, 0.15) is 7.11 Å². The number of rotatable bonds is 4. The molecule has 0 saturated carbocycles. The number of nitrogens with zero attached hydrogens (tertiary/aromatic N) is 3. The molecule has 1 unspecified atom stereocenters. The molecule has 1 aromatic carbocycles. The molecular formula is C13H11N4O3S2+. The minimum atomic E-state index is -1.22. The first kappa shape index (κ1) is 14.4. The van der Waals surface area contributed by atoms with Crippen LogP contribution in [0.25, 0.3) is 14.6 Å². The second-order valence-electron chi connectivity index (χ2n) is 4.17. The van der Waals surface area contributed by atoms with Gasteiger partial charge in [0.05, 0.1) is 20.7 Å². The average molecular weight is 335 g/mol.